The van der Waals surface area contributed by atoms with Gasteiger partial charge < -0.3 is 11.1 Å². The second kappa shape index (κ2) is 11.2. The van der Waals surface area contributed by atoms with Crippen molar-refractivity contribution < 1.29 is 9.59 Å². The lowest BCUT2D eigenvalue weighted by Crippen LogP contribution is -2.12. The fourth-order valence-electron chi connectivity index (χ4n) is 3.04. The van der Waals surface area contributed by atoms with Crippen molar-refractivity contribution in [3.05, 3.63) is 84.4 Å². The molecule has 0 aromatic heterocycles. The molecule has 5 heteroatoms. The Morgan fingerprint density at radius 2 is 1.47 bits per heavy atom. The highest BCUT2D eigenvalue weighted by Gasteiger charge is 2.08. The van der Waals surface area contributed by atoms with E-state index >= 15 is 0 Å². The zero-order valence-electron chi connectivity index (χ0n) is 16.8. The molecule has 3 aromatic carbocycles. The summed E-state index contributed by atoms with van der Waals surface area (Å²) in [6.07, 6.45) is 2.12. The molecule has 0 aliphatic carbocycles. The van der Waals surface area contributed by atoms with Gasteiger partial charge in [-0.05, 0) is 41.9 Å². The Bertz CT molecular complexity index is 972. The van der Waals surface area contributed by atoms with Gasteiger partial charge >= 0.3 is 0 Å². The van der Waals surface area contributed by atoms with E-state index < -0.39 is 0 Å². The molecule has 4 nitrogen and oxygen atoms in total. The van der Waals surface area contributed by atoms with Crippen molar-refractivity contribution in [1.29, 1.82) is 0 Å². The van der Waals surface area contributed by atoms with Crippen molar-refractivity contribution >= 4 is 34.8 Å². The van der Waals surface area contributed by atoms with Crippen molar-refractivity contribution in [2.75, 3.05) is 22.6 Å². The Balaban J connectivity index is 1.33. The third kappa shape index (κ3) is 6.49. The van der Waals surface area contributed by atoms with Crippen LogP contribution in [0, 0.1) is 0 Å². The summed E-state index contributed by atoms with van der Waals surface area (Å²) in [6.45, 7) is 0. The Kier molecular flexibility index (Phi) is 8.10. The van der Waals surface area contributed by atoms with Crippen LogP contribution in [0.25, 0.3) is 11.1 Å². The number of hydrogen-bond acceptors (Lipinski definition) is 4. The van der Waals surface area contributed by atoms with E-state index in [1.165, 1.54) is 0 Å². The molecule has 0 aliphatic heterocycles. The molecule has 3 aromatic rings. The molecular weight excluding hydrogens is 392 g/mol. The van der Waals surface area contributed by atoms with E-state index in [1.807, 2.05) is 54.6 Å². The molecule has 1 amide bonds. The topological polar surface area (TPSA) is 72.2 Å². The van der Waals surface area contributed by atoms with E-state index in [9.17, 15) is 9.59 Å². The van der Waals surface area contributed by atoms with E-state index in [0.717, 1.165) is 35.3 Å². The van der Waals surface area contributed by atoms with Gasteiger partial charge in [-0.25, -0.2) is 0 Å². The number of benzene rings is 3. The number of nitrogen functional groups attached to an aromatic ring is 1. The number of rotatable bonds is 10. The first-order chi connectivity index (χ1) is 14.6. The summed E-state index contributed by atoms with van der Waals surface area (Å²) in [7, 11) is 0. The number of amides is 1. The molecule has 0 radical (unpaired) electrons. The minimum atomic E-state index is -0.0347. The van der Waals surface area contributed by atoms with Crippen LogP contribution in [0.1, 0.15) is 29.6 Å². The zero-order valence-corrected chi connectivity index (χ0v) is 17.7. The van der Waals surface area contributed by atoms with Gasteiger partial charge in [-0.15, -0.1) is 0 Å². The number of hydrogen-bond donors (Lipinski definition) is 2. The summed E-state index contributed by atoms with van der Waals surface area (Å²) in [4.78, 5) is 24.4. The van der Waals surface area contributed by atoms with Crippen LogP contribution in [-0.4, -0.2) is 23.2 Å². The minimum Gasteiger partial charge on any atom is -0.397 e. The molecule has 0 bridgehead atoms. The summed E-state index contributed by atoms with van der Waals surface area (Å²) < 4.78 is 0. The van der Waals surface area contributed by atoms with Gasteiger partial charge in [-0.1, -0.05) is 66.7 Å². The van der Waals surface area contributed by atoms with E-state index in [-0.39, 0.29) is 11.7 Å². The molecule has 0 aliphatic rings. The summed E-state index contributed by atoms with van der Waals surface area (Å²) in [5, 5.41) is 2.83. The Morgan fingerprint density at radius 1 is 0.800 bits per heavy atom. The SMILES string of the molecule is Nc1ccccc1NC(=O)CCCCSCC(=O)c1ccc(-c2ccccc2)cc1. The number of nitrogens with one attached hydrogen (secondary N) is 1. The van der Waals surface area contributed by atoms with Gasteiger partial charge in [0.25, 0.3) is 0 Å². The lowest BCUT2D eigenvalue weighted by Gasteiger charge is -2.07. The van der Waals surface area contributed by atoms with Crippen LogP contribution in [-0.2, 0) is 4.79 Å². The molecular formula is C25H26N2O2S. The van der Waals surface area contributed by atoms with Crippen LogP contribution >= 0.6 is 11.8 Å². The molecule has 3 N–H and O–H groups in total. The fourth-order valence-corrected chi connectivity index (χ4v) is 3.95. The average molecular weight is 419 g/mol. The molecule has 0 atom stereocenters. The van der Waals surface area contributed by atoms with E-state index in [4.69, 9.17) is 5.73 Å². The van der Waals surface area contributed by atoms with Crippen molar-refractivity contribution in [3.8, 4) is 11.1 Å². The number of Topliss-reactive ketones (excluding diaryl/α,β-unsaturated/α-hetero) is 1. The van der Waals surface area contributed by atoms with Crippen molar-refractivity contribution in [2.45, 2.75) is 19.3 Å². The number of unbranched alkanes of at least 4 members (excludes halogenated alkanes) is 1. The Morgan fingerprint density at radius 3 is 2.20 bits per heavy atom. The second-order valence-corrected chi connectivity index (χ2v) is 8.12. The number of thioether (sulfide) groups is 1. The normalized spacial score (nSPS) is 10.5. The maximum atomic E-state index is 12.4. The number of carbonyl (C=O) groups is 2. The smallest absolute Gasteiger partial charge is 0.224 e. The number of nitrogens with two attached hydrogens (primary N) is 1. The van der Waals surface area contributed by atoms with Crippen LogP contribution in [0.15, 0.2) is 78.9 Å². The second-order valence-electron chi connectivity index (χ2n) is 7.01. The summed E-state index contributed by atoms with van der Waals surface area (Å²) in [5.74, 6) is 1.41. The molecule has 30 heavy (non-hydrogen) atoms. The van der Waals surface area contributed by atoms with Crippen LogP contribution < -0.4 is 11.1 Å². The first-order valence-electron chi connectivity index (χ1n) is 10.0. The van der Waals surface area contributed by atoms with Gasteiger partial charge in [0.1, 0.15) is 0 Å². The third-order valence-electron chi connectivity index (χ3n) is 4.72. The molecule has 0 unspecified atom stereocenters. The first kappa shape index (κ1) is 21.7. The van der Waals surface area contributed by atoms with Crippen molar-refractivity contribution in [1.82, 2.24) is 0 Å². The molecule has 0 saturated heterocycles. The number of ketones is 1. The number of anilines is 2. The average Bonchev–Trinajstić information content (AvgIpc) is 2.78. The van der Waals surface area contributed by atoms with Gasteiger partial charge in [0.15, 0.2) is 5.78 Å². The molecule has 0 saturated carbocycles. The highest BCUT2D eigenvalue weighted by Crippen LogP contribution is 2.20. The van der Waals surface area contributed by atoms with E-state index in [2.05, 4.69) is 17.4 Å². The maximum Gasteiger partial charge on any atom is 0.224 e. The Hall–Kier alpha value is -3.05. The standard InChI is InChI=1S/C25H26N2O2S/c26-22-10-4-5-11-23(22)27-25(29)12-6-7-17-30-18-24(28)21-15-13-20(14-16-21)19-8-2-1-3-9-19/h1-5,8-11,13-16H,6-7,12,17-18,26H2,(H,27,29). The van der Waals surface area contributed by atoms with Crippen LogP contribution in [0.2, 0.25) is 0 Å². The van der Waals surface area contributed by atoms with Crippen LogP contribution in [0.5, 0.6) is 0 Å². The maximum absolute atomic E-state index is 12.4. The zero-order chi connectivity index (χ0) is 21.2. The molecule has 3 rings (SSSR count). The highest BCUT2D eigenvalue weighted by atomic mass is 32.2. The third-order valence-corrected chi connectivity index (χ3v) is 5.77. The van der Waals surface area contributed by atoms with Gasteiger partial charge in [-0.2, -0.15) is 11.8 Å². The number of para-hydroxylation sites is 2. The fraction of sp³-hybridized carbons (Fsp3) is 0.200. The van der Waals surface area contributed by atoms with Crippen molar-refractivity contribution in [3.63, 3.8) is 0 Å². The highest BCUT2D eigenvalue weighted by molar-refractivity contribution is 7.99. The number of carbonyl (C=O) groups excluding carboxylic acids is 2. The largest absolute Gasteiger partial charge is 0.397 e. The predicted octanol–water partition coefficient (Wildman–Crippen LogP) is 5.66. The quantitative estimate of drug-likeness (QED) is 0.253. The van der Waals surface area contributed by atoms with Gasteiger partial charge in [0, 0.05) is 12.0 Å². The minimum absolute atomic E-state index is 0.0347. The first-order valence-corrected chi connectivity index (χ1v) is 11.2. The summed E-state index contributed by atoms with van der Waals surface area (Å²) in [6, 6.07) is 25.1. The van der Waals surface area contributed by atoms with Crippen LogP contribution in [0.3, 0.4) is 0 Å². The lowest BCUT2D eigenvalue weighted by molar-refractivity contribution is -0.116. The summed E-state index contributed by atoms with van der Waals surface area (Å²) >= 11 is 1.61. The molecule has 0 spiro atoms. The van der Waals surface area contributed by atoms with E-state index in [1.54, 1.807) is 23.9 Å². The molecule has 0 fully saturated rings. The molecule has 154 valence electrons. The summed E-state index contributed by atoms with van der Waals surface area (Å²) in [5.41, 5.74) is 10.0. The monoisotopic (exact) mass is 418 g/mol. The predicted molar refractivity (Wildman–Crippen MR) is 127 cm³/mol. The molecule has 0 heterocycles. The van der Waals surface area contributed by atoms with Crippen LogP contribution in [0.4, 0.5) is 11.4 Å². The van der Waals surface area contributed by atoms with Gasteiger partial charge in [-0.3, -0.25) is 9.59 Å². The van der Waals surface area contributed by atoms with Gasteiger partial charge in [0.05, 0.1) is 17.1 Å². The lowest BCUT2D eigenvalue weighted by atomic mass is 10.0. The Labute approximate surface area is 181 Å². The van der Waals surface area contributed by atoms with Gasteiger partial charge in [0.2, 0.25) is 5.91 Å². The van der Waals surface area contributed by atoms with E-state index in [0.29, 0.717) is 23.5 Å². The van der Waals surface area contributed by atoms with Crippen molar-refractivity contribution in [2.24, 2.45) is 0 Å².